The number of benzene rings is 2. The van der Waals surface area contributed by atoms with Gasteiger partial charge in [-0.2, -0.15) is 0 Å². The first kappa shape index (κ1) is 15.2. The molecule has 4 nitrogen and oxygen atoms in total. The largest absolute Gasteiger partial charge is 0.504 e. The van der Waals surface area contributed by atoms with Crippen molar-refractivity contribution in [2.75, 3.05) is 7.11 Å². The van der Waals surface area contributed by atoms with Gasteiger partial charge in [0.1, 0.15) is 5.76 Å². The molecule has 0 saturated carbocycles. The lowest BCUT2D eigenvalue weighted by Crippen LogP contribution is -2.21. The van der Waals surface area contributed by atoms with E-state index in [1.165, 1.54) is 0 Å². The number of aromatic hydroxyl groups is 1. The normalized spacial score (nSPS) is 12.0. The molecule has 2 aromatic carbocycles. The molecule has 0 aliphatic heterocycles. The van der Waals surface area contributed by atoms with Gasteiger partial charge in [-0.25, -0.2) is 0 Å². The van der Waals surface area contributed by atoms with E-state index in [2.05, 4.69) is 5.32 Å². The monoisotopic (exact) mass is 309 g/mol. The number of hydrogen-bond acceptors (Lipinski definition) is 4. The molecule has 0 radical (unpaired) electrons. The van der Waals surface area contributed by atoms with Gasteiger partial charge in [0.15, 0.2) is 11.5 Å². The number of ether oxygens (including phenoxy) is 1. The third kappa shape index (κ3) is 3.38. The highest BCUT2D eigenvalue weighted by molar-refractivity contribution is 5.45. The summed E-state index contributed by atoms with van der Waals surface area (Å²) in [4.78, 5) is 0. The Bertz CT molecular complexity index is 739. The Morgan fingerprint density at radius 2 is 1.87 bits per heavy atom. The Morgan fingerprint density at radius 3 is 2.57 bits per heavy atom. The van der Waals surface area contributed by atoms with E-state index >= 15 is 0 Å². The number of hydrogen-bond donors (Lipinski definition) is 2. The summed E-state index contributed by atoms with van der Waals surface area (Å²) in [5.41, 5.74) is 1.88. The van der Waals surface area contributed by atoms with Crippen LogP contribution in [0.15, 0.2) is 71.3 Å². The van der Waals surface area contributed by atoms with Crippen molar-refractivity contribution >= 4 is 0 Å². The zero-order valence-electron chi connectivity index (χ0n) is 12.9. The SMILES string of the molecule is COc1cccc(CNC(c2ccccc2)c2ccco2)c1O. The number of methoxy groups -OCH3 is 1. The van der Waals surface area contributed by atoms with Crippen LogP contribution in [0.3, 0.4) is 0 Å². The predicted molar refractivity (Wildman–Crippen MR) is 88.5 cm³/mol. The van der Waals surface area contributed by atoms with Crippen molar-refractivity contribution in [3.8, 4) is 11.5 Å². The van der Waals surface area contributed by atoms with Crippen LogP contribution in [0.25, 0.3) is 0 Å². The van der Waals surface area contributed by atoms with Crippen molar-refractivity contribution in [2.45, 2.75) is 12.6 Å². The van der Waals surface area contributed by atoms with Crippen molar-refractivity contribution < 1.29 is 14.3 Å². The van der Waals surface area contributed by atoms with E-state index in [-0.39, 0.29) is 11.8 Å². The van der Waals surface area contributed by atoms with Gasteiger partial charge in [-0.05, 0) is 23.8 Å². The molecular weight excluding hydrogens is 290 g/mol. The van der Waals surface area contributed by atoms with Crippen LogP contribution in [-0.4, -0.2) is 12.2 Å². The fraction of sp³-hybridized carbons (Fsp3) is 0.158. The maximum Gasteiger partial charge on any atom is 0.162 e. The van der Waals surface area contributed by atoms with E-state index in [1.54, 1.807) is 19.4 Å². The zero-order chi connectivity index (χ0) is 16.1. The van der Waals surface area contributed by atoms with Gasteiger partial charge in [-0.3, -0.25) is 5.32 Å². The number of phenolic OH excluding ortho intramolecular Hbond substituents is 1. The van der Waals surface area contributed by atoms with Gasteiger partial charge in [0.2, 0.25) is 0 Å². The summed E-state index contributed by atoms with van der Waals surface area (Å²) in [7, 11) is 1.54. The maximum absolute atomic E-state index is 10.2. The summed E-state index contributed by atoms with van der Waals surface area (Å²) in [5.74, 6) is 1.46. The molecule has 0 aliphatic carbocycles. The molecule has 4 heteroatoms. The second kappa shape index (κ2) is 7.03. The van der Waals surface area contributed by atoms with Crippen LogP contribution in [-0.2, 0) is 6.54 Å². The van der Waals surface area contributed by atoms with Crippen molar-refractivity contribution in [1.82, 2.24) is 5.32 Å². The molecule has 0 bridgehead atoms. The molecular formula is C19H19NO3. The minimum atomic E-state index is -0.0863. The maximum atomic E-state index is 10.2. The average molecular weight is 309 g/mol. The van der Waals surface area contributed by atoms with Crippen LogP contribution in [0.2, 0.25) is 0 Å². The fourth-order valence-corrected chi connectivity index (χ4v) is 2.57. The molecule has 3 rings (SSSR count). The summed E-state index contributed by atoms with van der Waals surface area (Å²) >= 11 is 0. The van der Waals surface area contributed by atoms with Gasteiger partial charge in [0, 0.05) is 12.1 Å². The number of furan rings is 1. The first-order valence-electron chi connectivity index (χ1n) is 7.46. The van der Waals surface area contributed by atoms with Crippen LogP contribution in [0.5, 0.6) is 11.5 Å². The smallest absolute Gasteiger partial charge is 0.162 e. The number of rotatable bonds is 6. The fourth-order valence-electron chi connectivity index (χ4n) is 2.57. The average Bonchev–Trinajstić information content (AvgIpc) is 3.12. The molecule has 0 saturated heterocycles. The molecule has 0 amide bonds. The van der Waals surface area contributed by atoms with E-state index in [4.69, 9.17) is 9.15 Å². The Hall–Kier alpha value is -2.72. The minimum absolute atomic E-state index is 0.0863. The van der Waals surface area contributed by atoms with Gasteiger partial charge in [-0.1, -0.05) is 42.5 Å². The molecule has 1 aromatic heterocycles. The highest BCUT2D eigenvalue weighted by Crippen LogP contribution is 2.30. The molecule has 0 aliphatic rings. The first-order chi connectivity index (χ1) is 11.3. The summed E-state index contributed by atoms with van der Waals surface area (Å²) < 4.78 is 10.7. The highest BCUT2D eigenvalue weighted by atomic mass is 16.5. The Morgan fingerprint density at radius 1 is 1.04 bits per heavy atom. The first-order valence-corrected chi connectivity index (χ1v) is 7.46. The molecule has 23 heavy (non-hydrogen) atoms. The summed E-state index contributed by atoms with van der Waals surface area (Å²) in [5, 5.41) is 13.7. The van der Waals surface area contributed by atoms with Gasteiger partial charge in [-0.15, -0.1) is 0 Å². The number of nitrogens with one attached hydrogen (secondary N) is 1. The quantitative estimate of drug-likeness (QED) is 0.725. The van der Waals surface area contributed by atoms with E-state index in [9.17, 15) is 5.11 Å². The Kier molecular flexibility index (Phi) is 4.64. The molecule has 0 spiro atoms. The molecule has 1 unspecified atom stereocenters. The molecule has 0 fully saturated rings. The minimum Gasteiger partial charge on any atom is -0.504 e. The molecule has 3 aromatic rings. The van der Waals surface area contributed by atoms with Crippen molar-refractivity contribution in [1.29, 1.82) is 0 Å². The zero-order valence-corrected chi connectivity index (χ0v) is 12.9. The van der Waals surface area contributed by atoms with Gasteiger partial charge in [0.25, 0.3) is 0 Å². The van der Waals surface area contributed by atoms with Crippen LogP contribution < -0.4 is 10.1 Å². The molecule has 1 heterocycles. The van der Waals surface area contributed by atoms with E-state index in [1.807, 2.05) is 54.6 Å². The Labute approximate surface area is 135 Å². The summed E-state index contributed by atoms with van der Waals surface area (Å²) in [6, 6.07) is 19.3. The van der Waals surface area contributed by atoms with Gasteiger partial charge >= 0.3 is 0 Å². The Balaban J connectivity index is 1.83. The van der Waals surface area contributed by atoms with Crippen LogP contribution in [0.4, 0.5) is 0 Å². The van der Waals surface area contributed by atoms with Crippen molar-refractivity contribution in [2.24, 2.45) is 0 Å². The number of para-hydroxylation sites is 1. The van der Waals surface area contributed by atoms with E-state index in [0.29, 0.717) is 12.3 Å². The number of phenols is 1. The van der Waals surface area contributed by atoms with Crippen LogP contribution in [0, 0.1) is 0 Å². The van der Waals surface area contributed by atoms with Crippen molar-refractivity contribution in [3.05, 3.63) is 83.8 Å². The van der Waals surface area contributed by atoms with Gasteiger partial charge in [0.05, 0.1) is 19.4 Å². The lowest BCUT2D eigenvalue weighted by molar-refractivity contribution is 0.368. The molecule has 118 valence electrons. The summed E-state index contributed by atoms with van der Waals surface area (Å²) in [6.07, 6.45) is 1.66. The second-order valence-electron chi connectivity index (χ2n) is 5.21. The van der Waals surface area contributed by atoms with Crippen LogP contribution >= 0.6 is 0 Å². The molecule has 1 atom stereocenters. The molecule has 2 N–H and O–H groups in total. The van der Waals surface area contributed by atoms with E-state index in [0.717, 1.165) is 16.9 Å². The van der Waals surface area contributed by atoms with Crippen molar-refractivity contribution in [3.63, 3.8) is 0 Å². The third-order valence-electron chi connectivity index (χ3n) is 3.76. The summed E-state index contributed by atoms with van der Waals surface area (Å²) in [6.45, 7) is 0.489. The highest BCUT2D eigenvalue weighted by Gasteiger charge is 2.17. The topological polar surface area (TPSA) is 54.6 Å². The van der Waals surface area contributed by atoms with E-state index < -0.39 is 0 Å². The van der Waals surface area contributed by atoms with Gasteiger partial charge < -0.3 is 14.3 Å². The standard InChI is InChI=1S/C19H19NO3/c1-22-17-10-5-9-15(19(17)21)13-20-18(16-11-6-12-23-16)14-7-3-2-4-8-14/h2-12,18,20-21H,13H2,1H3. The second-order valence-corrected chi connectivity index (χ2v) is 5.21. The lowest BCUT2D eigenvalue weighted by atomic mass is 10.0. The lowest BCUT2D eigenvalue weighted by Gasteiger charge is -2.18. The predicted octanol–water partition coefficient (Wildman–Crippen LogP) is 3.87. The third-order valence-corrected chi connectivity index (χ3v) is 3.76. The van der Waals surface area contributed by atoms with Crippen LogP contribution in [0.1, 0.15) is 22.9 Å².